The minimum Gasteiger partial charge on any atom is -0.480 e. The van der Waals surface area contributed by atoms with Crippen LogP contribution in [-0.4, -0.2) is 146 Å². The molecule has 192 valence electrons. The Bertz CT molecular complexity index is 753. The third-order valence-electron chi connectivity index (χ3n) is 5.17. The van der Waals surface area contributed by atoms with Crippen molar-refractivity contribution < 1.29 is 29.3 Å². The van der Waals surface area contributed by atoms with Gasteiger partial charge in [-0.15, -0.1) is 10.2 Å². The quantitative estimate of drug-likeness (QED) is 0.362. The second kappa shape index (κ2) is 13.3. The summed E-state index contributed by atoms with van der Waals surface area (Å²) in [4.78, 5) is 42.8. The highest BCUT2D eigenvalue weighted by atomic mass is 16.6. The molecular formula is C20H36N8O6. The van der Waals surface area contributed by atoms with Crippen molar-refractivity contribution in [2.45, 2.75) is 32.9 Å². The van der Waals surface area contributed by atoms with Gasteiger partial charge in [-0.25, -0.2) is 0 Å². The monoisotopic (exact) mass is 484 g/mol. The molecular weight excluding hydrogens is 448 g/mol. The van der Waals surface area contributed by atoms with Gasteiger partial charge in [-0.2, -0.15) is 5.21 Å². The lowest BCUT2D eigenvalue weighted by Gasteiger charge is -2.33. The van der Waals surface area contributed by atoms with Gasteiger partial charge in [0.2, 0.25) is 0 Å². The molecule has 14 nitrogen and oxygen atoms in total. The Balaban J connectivity index is 2.13. The molecule has 0 spiro atoms. The zero-order valence-electron chi connectivity index (χ0n) is 20.1. The van der Waals surface area contributed by atoms with E-state index >= 15 is 0 Å². The number of carbonyl (C=O) groups is 3. The van der Waals surface area contributed by atoms with E-state index in [9.17, 15) is 24.6 Å². The average Bonchev–Trinajstić information content (AvgIpc) is 3.20. The van der Waals surface area contributed by atoms with Crippen molar-refractivity contribution in [3.8, 4) is 0 Å². The van der Waals surface area contributed by atoms with Gasteiger partial charge >= 0.3 is 17.9 Å². The van der Waals surface area contributed by atoms with Crippen molar-refractivity contribution in [1.82, 2.24) is 40.2 Å². The molecule has 1 aliphatic rings. The van der Waals surface area contributed by atoms with Crippen LogP contribution >= 0.6 is 0 Å². The van der Waals surface area contributed by atoms with Crippen LogP contribution in [0.15, 0.2) is 0 Å². The lowest BCUT2D eigenvalue weighted by atomic mass is 10.2. The van der Waals surface area contributed by atoms with Crippen LogP contribution in [0, 0.1) is 0 Å². The molecule has 0 aromatic carbocycles. The number of nitrogens with one attached hydrogen (secondary N) is 1. The SMILES string of the molecule is CC(C)(C)OC(=O)CN1CCN(CC(=O)O)CCN(Cc2nn[nH]n2)CCN(CC(=O)O)CC1. The first-order valence-electron chi connectivity index (χ1n) is 11.3. The molecule has 3 N–H and O–H groups in total. The number of aliphatic carboxylic acids is 2. The standard InChI is InChI=1S/C20H36N8O6/c1-20(2,3)34-19(33)15-28-10-8-26(13-17(29)30)6-4-25(12-16-21-23-24-22-16)5-7-27(9-11-28)14-18(31)32/h4-15H2,1-3H3,(H,29,30)(H,31,32)(H,21,22,23,24). The average molecular weight is 485 g/mol. The van der Waals surface area contributed by atoms with E-state index in [2.05, 4.69) is 25.5 Å². The summed E-state index contributed by atoms with van der Waals surface area (Å²) in [5, 5.41) is 32.6. The molecule has 0 radical (unpaired) electrons. The van der Waals surface area contributed by atoms with E-state index < -0.39 is 17.5 Å². The number of H-pyrrole nitrogens is 1. The number of hydrogen-bond acceptors (Lipinski definition) is 11. The van der Waals surface area contributed by atoms with E-state index in [1.54, 1.807) is 20.8 Å². The number of hydrogen-bond donors (Lipinski definition) is 3. The van der Waals surface area contributed by atoms with E-state index in [1.807, 2.05) is 14.7 Å². The number of aromatic nitrogens is 4. The molecule has 1 fully saturated rings. The van der Waals surface area contributed by atoms with Crippen LogP contribution in [0.1, 0.15) is 26.6 Å². The number of rotatable bonds is 8. The Morgan fingerprint density at radius 1 is 0.824 bits per heavy atom. The third-order valence-corrected chi connectivity index (χ3v) is 5.17. The molecule has 14 heteroatoms. The summed E-state index contributed by atoms with van der Waals surface area (Å²) in [5.41, 5.74) is -0.615. The number of tetrazole rings is 1. The summed E-state index contributed by atoms with van der Waals surface area (Å²) in [7, 11) is 0. The summed E-state index contributed by atoms with van der Waals surface area (Å²) >= 11 is 0. The van der Waals surface area contributed by atoms with Gasteiger partial charge in [0.1, 0.15) is 5.60 Å². The third kappa shape index (κ3) is 11.4. The molecule has 2 heterocycles. The van der Waals surface area contributed by atoms with E-state index in [1.165, 1.54) is 0 Å². The molecule has 0 bridgehead atoms. The normalized spacial score (nSPS) is 18.7. The van der Waals surface area contributed by atoms with E-state index in [0.29, 0.717) is 64.7 Å². The summed E-state index contributed by atoms with van der Waals surface area (Å²) in [5.74, 6) is -1.73. The van der Waals surface area contributed by atoms with Crippen LogP contribution in [0.4, 0.5) is 0 Å². The number of carbonyl (C=O) groups excluding carboxylic acids is 1. The van der Waals surface area contributed by atoms with E-state index in [4.69, 9.17) is 4.74 Å². The number of nitrogens with zero attached hydrogens (tertiary/aromatic N) is 7. The lowest BCUT2D eigenvalue weighted by Crippen LogP contribution is -2.48. The maximum Gasteiger partial charge on any atom is 0.320 e. The van der Waals surface area contributed by atoms with Crippen molar-refractivity contribution >= 4 is 17.9 Å². The first-order chi connectivity index (χ1) is 16.0. The van der Waals surface area contributed by atoms with Gasteiger partial charge in [0.15, 0.2) is 5.82 Å². The van der Waals surface area contributed by atoms with Gasteiger partial charge in [-0.1, -0.05) is 5.21 Å². The summed E-state index contributed by atoms with van der Waals surface area (Å²) in [6.07, 6.45) is 0. The summed E-state index contributed by atoms with van der Waals surface area (Å²) < 4.78 is 5.44. The number of ether oxygens (including phenoxy) is 1. The molecule has 0 unspecified atom stereocenters. The first-order valence-corrected chi connectivity index (χ1v) is 11.3. The Labute approximate surface area is 198 Å². The number of aromatic amines is 1. The molecule has 0 amide bonds. The maximum atomic E-state index is 12.4. The second-order valence-corrected chi connectivity index (χ2v) is 9.31. The highest BCUT2D eigenvalue weighted by Gasteiger charge is 2.23. The number of esters is 1. The van der Waals surface area contributed by atoms with Crippen molar-refractivity contribution in [2.24, 2.45) is 0 Å². The van der Waals surface area contributed by atoms with Crippen molar-refractivity contribution in [3.05, 3.63) is 5.82 Å². The zero-order chi connectivity index (χ0) is 25.1. The van der Waals surface area contributed by atoms with Gasteiger partial charge in [-0.3, -0.25) is 34.0 Å². The minimum absolute atomic E-state index is 0.0447. The summed E-state index contributed by atoms with van der Waals surface area (Å²) in [6.45, 7) is 9.37. The second-order valence-electron chi connectivity index (χ2n) is 9.31. The Morgan fingerprint density at radius 2 is 1.26 bits per heavy atom. The maximum absolute atomic E-state index is 12.4. The Kier molecular flexibility index (Phi) is 10.8. The van der Waals surface area contributed by atoms with E-state index in [0.717, 1.165) is 0 Å². The molecule has 1 aromatic rings. The first kappa shape index (κ1) is 27.6. The van der Waals surface area contributed by atoms with Crippen LogP contribution < -0.4 is 0 Å². The fraction of sp³-hybridized carbons (Fsp3) is 0.800. The van der Waals surface area contributed by atoms with E-state index in [-0.39, 0.29) is 25.6 Å². The fourth-order valence-electron chi connectivity index (χ4n) is 3.60. The molecule has 34 heavy (non-hydrogen) atoms. The largest absolute Gasteiger partial charge is 0.480 e. The van der Waals surface area contributed by atoms with Crippen LogP contribution in [0.5, 0.6) is 0 Å². The molecule has 2 rings (SSSR count). The van der Waals surface area contributed by atoms with Crippen LogP contribution in [0.2, 0.25) is 0 Å². The predicted octanol–water partition coefficient (Wildman–Crippen LogP) is -1.57. The van der Waals surface area contributed by atoms with Gasteiger partial charge in [0.05, 0.1) is 26.2 Å². The Morgan fingerprint density at radius 3 is 1.65 bits per heavy atom. The fourth-order valence-corrected chi connectivity index (χ4v) is 3.60. The van der Waals surface area contributed by atoms with Gasteiger partial charge in [-0.05, 0) is 20.8 Å². The van der Waals surface area contributed by atoms with Gasteiger partial charge in [0, 0.05) is 52.4 Å². The molecule has 0 aliphatic carbocycles. The van der Waals surface area contributed by atoms with Crippen molar-refractivity contribution in [1.29, 1.82) is 0 Å². The topological polar surface area (TPSA) is 168 Å². The predicted molar refractivity (Wildman–Crippen MR) is 120 cm³/mol. The Hall–Kier alpha value is -2.68. The van der Waals surface area contributed by atoms with Crippen LogP contribution in [0.3, 0.4) is 0 Å². The zero-order valence-corrected chi connectivity index (χ0v) is 20.1. The molecule has 0 saturated carbocycles. The molecule has 1 saturated heterocycles. The van der Waals surface area contributed by atoms with Gasteiger partial charge < -0.3 is 14.9 Å². The van der Waals surface area contributed by atoms with Gasteiger partial charge in [0.25, 0.3) is 0 Å². The number of carboxylic acids is 2. The lowest BCUT2D eigenvalue weighted by molar-refractivity contribution is -0.156. The summed E-state index contributed by atoms with van der Waals surface area (Å²) in [6, 6.07) is 0. The molecule has 0 atom stereocenters. The molecule has 1 aliphatic heterocycles. The van der Waals surface area contributed by atoms with Crippen LogP contribution in [0.25, 0.3) is 0 Å². The smallest absolute Gasteiger partial charge is 0.320 e. The van der Waals surface area contributed by atoms with Crippen molar-refractivity contribution in [3.63, 3.8) is 0 Å². The van der Waals surface area contributed by atoms with Crippen molar-refractivity contribution in [2.75, 3.05) is 72.0 Å². The minimum atomic E-state index is -0.928. The highest BCUT2D eigenvalue weighted by molar-refractivity contribution is 5.72. The molecule has 1 aromatic heterocycles. The number of carboxylic acid groups (broad SMARTS) is 2. The highest BCUT2D eigenvalue weighted by Crippen LogP contribution is 2.08. The van der Waals surface area contributed by atoms with Crippen LogP contribution in [-0.2, 0) is 25.7 Å².